The molecule has 1 aliphatic heterocycles. The first-order valence-electron chi connectivity index (χ1n) is 11.0. The summed E-state index contributed by atoms with van der Waals surface area (Å²) < 4.78 is 1.89. The third-order valence-corrected chi connectivity index (χ3v) is 6.99. The molecule has 0 amide bonds. The molecule has 168 valence electrons. The number of rotatable bonds is 5. The fraction of sp³-hybridized carbons (Fsp3) is 0.0690. The van der Waals surface area contributed by atoms with Gasteiger partial charge in [0.15, 0.2) is 5.78 Å². The van der Waals surface area contributed by atoms with E-state index in [-0.39, 0.29) is 11.9 Å². The number of ketones is 1. The lowest BCUT2D eigenvalue weighted by Crippen LogP contribution is -2.34. The van der Waals surface area contributed by atoms with Crippen molar-refractivity contribution < 1.29 is 4.79 Å². The van der Waals surface area contributed by atoms with Gasteiger partial charge in [-0.05, 0) is 60.0 Å². The molecule has 0 bridgehead atoms. The molecule has 0 aliphatic carbocycles. The largest absolute Gasteiger partial charge is 0.361 e. The Labute approximate surface area is 216 Å². The lowest BCUT2D eigenvalue weighted by atomic mass is 9.88. The van der Waals surface area contributed by atoms with E-state index in [0.717, 1.165) is 37.0 Å². The number of hydrogen-bond donors (Lipinski definition) is 2. The van der Waals surface area contributed by atoms with Crippen LogP contribution in [0.5, 0.6) is 0 Å². The maximum absolute atomic E-state index is 13.4. The first kappa shape index (κ1) is 22.6. The van der Waals surface area contributed by atoms with Crippen LogP contribution in [0.4, 0.5) is 11.4 Å². The summed E-state index contributed by atoms with van der Waals surface area (Å²) in [6, 6.07) is 31.8. The van der Waals surface area contributed by atoms with Crippen LogP contribution in [0.2, 0.25) is 0 Å². The Balaban J connectivity index is 1.58. The summed E-state index contributed by atoms with van der Waals surface area (Å²) in [6.07, 6.45) is -0.188. The monoisotopic (exact) mass is 572 g/mol. The standard InChI is InChI=1S/C29H22Br2N2O/c1-18-27(19-8-4-2-5-9-19)23-16-21(30)12-14-25(23)32-29(18)33-26-15-13-22(31)17-24(26)28(34)20-10-6-3-7-11-20/h2-17,29,32-33H,1H3/t29-/m0/s1. The second kappa shape index (κ2) is 9.61. The van der Waals surface area contributed by atoms with Crippen molar-refractivity contribution in [1.82, 2.24) is 0 Å². The Hall–Kier alpha value is -3.15. The molecule has 5 rings (SSSR count). The van der Waals surface area contributed by atoms with Gasteiger partial charge in [-0.15, -0.1) is 0 Å². The predicted molar refractivity (Wildman–Crippen MR) is 147 cm³/mol. The number of halogens is 2. The molecule has 1 atom stereocenters. The van der Waals surface area contributed by atoms with Gasteiger partial charge in [0.1, 0.15) is 6.17 Å². The van der Waals surface area contributed by atoms with Crippen molar-refractivity contribution in [2.24, 2.45) is 0 Å². The molecule has 0 saturated carbocycles. The van der Waals surface area contributed by atoms with Gasteiger partial charge in [0, 0.05) is 37.0 Å². The third kappa shape index (κ3) is 4.46. The van der Waals surface area contributed by atoms with Crippen LogP contribution in [0, 0.1) is 0 Å². The van der Waals surface area contributed by atoms with E-state index in [0.29, 0.717) is 11.1 Å². The van der Waals surface area contributed by atoms with E-state index in [9.17, 15) is 4.79 Å². The van der Waals surface area contributed by atoms with Gasteiger partial charge in [0.05, 0.1) is 0 Å². The first-order valence-corrected chi connectivity index (χ1v) is 12.6. The zero-order chi connectivity index (χ0) is 23.7. The van der Waals surface area contributed by atoms with Crippen LogP contribution in [0.15, 0.2) is 112 Å². The van der Waals surface area contributed by atoms with Crippen LogP contribution in [0.25, 0.3) is 5.57 Å². The highest BCUT2D eigenvalue weighted by atomic mass is 79.9. The highest BCUT2D eigenvalue weighted by molar-refractivity contribution is 9.10. The number of carbonyl (C=O) groups excluding carboxylic acids is 1. The fourth-order valence-electron chi connectivity index (χ4n) is 4.33. The molecule has 0 aromatic heterocycles. The van der Waals surface area contributed by atoms with Crippen molar-refractivity contribution in [3.63, 3.8) is 0 Å². The van der Waals surface area contributed by atoms with Crippen LogP contribution in [-0.2, 0) is 0 Å². The number of carbonyl (C=O) groups is 1. The molecule has 0 spiro atoms. The van der Waals surface area contributed by atoms with Gasteiger partial charge in [0.2, 0.25) is 0 Å². The molecule has 5 heteroatoms. The molecule has 2 N–H and O–H groups in total. The minimum absolute atomic E-state index is 0.0190. The molecular weight excluding hydrogens is 552 g/mol. The SMILES string of the molecule is CC1=C(c2ccccc2)c2cc(Br)ccc2N[C@H]1Nc1ccc(Br)cc1C(=O)c1ccccc1. The number of benzene rings is 4. The van der Waals surface area contributed by atoms with Gasteiger partial charge in [-0.2, -0.15) is 0 Å². The first-order chi connectivity index (χ1) is 16.5. The normalized spacial score (nSPS) is 14.9. The lowest BCUT2D eigenvalue weighted by molar-refractivity contribution is 0.103. The minimum atomic E-state index is -0.188. The maximum Gasteiger partial charge on any atom is 0.195 e. The lowest BCUT2D eigenvalue weighted by Gasteiger charge is -2.33. The average Bonchev–Trinajstić information content (AvgIpc) is 2.86. The van der Waals surface area contributed by atoms with E-state index in [4.69, 9.17) is 0 Å². The molecule has 4 aromatic rings. The molecule has 0 unspecified atom stereocenters. The minimum Gasteiger partial charge on any atom is -0.361 e. The van der Waals surface area contributed by atoms with Crippen LogP contribution >= 0.6 is 31.9 Å². The molecule has 3 nitrogen and oxygen atoms in total. The maximum atomic E-state index is 13.4. The van der Waals surface area contributed by atoms with Crippen LogP contribution in [0.1, 0.15) is 34.0 Å². The summed E-state index contributed by atoms with van der Waals surface area (Å²) in [5.41, 5.74) is 7.74. The molecule has 0 fully saturated rings. The van der Waals surface area contributed by atoms with Gasteiger partial charge >= 0.3 is 0 Å². The highest BCUT2D eigenvalue weighted by Crippen LogP contribution is 2.40. The van der Waals surface area contributed by atoms with Crippen molar-refractivity contribution >= 4 is 54.6 Å². The molecule has 34 heavy (non-hydrogen) atoms. The van der Waals surface area contributed by atoms with E-state index >= 15 is 0 Å². The highest BCUT2D eigenvalue weighted by Gasteiger charge is 2.26. The Kier molecular flexibility index (Phi) is 6.40. The topological polar surface area (TPSA) is 41.1 Å². The molecular formula is C29H22Br2N2O. The summed E-state index contributed by atoms with van der Waals surface area (Å²) >= 11 is 7.16. The number of fused-ring (bicyclic) bond motifs is 1. The molecule has 0 saturated heterocycles. The van der Waals surface area contributed by atoms with Gasteiger partial charge in [0.25, 0.3) is 0 Å². The second-order valence-corrected chi connectivity index (χ2v) is 10.1. The van der Waals surface area contributed by atoms with E-state index in [1.54, 1.807) is 0 Å². The average molecular weight is 574 g/mol. The van der Waals surface area contributed by atoms with E-state index in [1.165, 1.54) is 5.57 Å². The van der Waals surface area contributed by atoms with Gasteiger partial charge in [-0.3, -0.25) is 4.79 Å². The fourth-order valence-corrected chi connectivity index (χ4v) is 5.05. The molecule has 1 aliphatic rings. The van der Waals surface area contributed by atoms with Crippen molar-refractivity contribution in [3.8, 4) is 0 Å². The van der Waals surface area contributed by atoms with Crippen molar-refractivity contribution in [2.75, 3.05) is 10.6 Å². The Morgan fingerprint density at radius 3 is 2.21 bits per heavy atom. The Bertz CT molecular complexity index is 1400. The van der Waals surface area contributed by atoms with E-state index in [1.807, 2.05) is 60.7 Å². The summed E-state index contributed by atoms with van der Waals surface area (Å²) in [6.45, 7) is 2.13. The van der Waals surface area contributed by atoms with Crippen LogP contribution < -0.4 is 10.6 Å². The second-order valence-electron chi connectivity index (χ2n) is 8.22. The molecule has 1 heterocycles. The third-order valence-electron chi connectivity index (χ3n) is 6.00. The predicted octanol–water partition coefficient (Wildman–Crippen LogP) is 8.13. The summed E-state index contributed by atoms with van der Waals surface area (Å²) in [5, 5.41) is 7.24. The van der Waals surface area contributed by atoms with E-state index in [2.05, 4.69) is 85.8 Å². The van der Waals surface area contributed by atoms with Crippen molar-refractivity contribution in [2.45, 2.75) is 13.1 Å². The number of nitrogens with one attached hydrogen (secondary N) is 2. The Morgan fingerprint density at radius 2 is 1.47 bits per heavy atom. The van der Waals surface area contributed by atoms with Gasteiger partial charge < -0.3 is 10.6 Å². The van der Waals surface area contributed by atoms with Crippen molar-refractivity contribution in [1.29, 1.82) is 0 Å². The zero-order valence-corrected chi connectivity index (χ0v) is 21.7. The van der Waals surface area contributed by atoms with Gasteiger partial charge in [-0.1, -0.05) is 92.5 Å². The zero-order valence-electron chi connectivity index (χ0n) is 18.5. The summed E-state index contributed by atoms with van der Waals surface area (Å²) in [4.78, 5) is 13.4. The smallest absolute Gasteiger partial charge is 0.195 e. The quantitative estimate of drug-likeness (QED) is 0.237. The van der Waals surface area contributed by atoms with E-state index < -0.39 is 0 Å². The number of hydrogen-bond acceptors (Lipinski definition) is 3. The van der Waals surface area contributed by atoms with Crippen LogP contribution in [-0.4, -0.2) is 11.9 Å². The Morgan fingerprint density at radius 1 is 0.824 bits per heavy atom. The molecule has 4 aromatic carbocycles. The summed E-state index contributed by atoms with van der Waals surface area (Å²) in [7, 11) is 0. The van der Waals surface area contributed by atoms with Crippen molar-refractivity contribution in [3.05, 3.63) is 134 Å². The van der Waals surface area contributed by atoms with Gasteiger partial charge in [-0.25, -0.2) is 0 Å². The number of anilines is 2. The van der Waals surface area contributed by atoms with Crippen LogP contribution in [0.3, 0.4) is 0 Å². The summed E-state index contributed by atoms with van der Waals surface area (Å²) in [5.74, 6) is -0.0190. The molecule has 0 radical (unpaired) electrons.